The van der Waals surface area contributed by atoms with E-state index in [4.69, 9.17) is 4.74 Å². The van der Waals surface area contributed by atoms with Crippen molar-refractivity contribution in [3.8, 4) is 17.3 Å². The Kier molecular flexibility index (Phi) is 4.93. The van der Waals surface area contributed by atoms with E-state index >= 15 is 0 Å². The van der Waals surface area contributed by atoms with Gasteiger partial charge >= 0.3 is 0 Å². The van der Waals surface area contributed by atoms with E-state index in [1.807, 2.05) is 20.8 Å². The second kappa shape index (κ2) is 6.73. The normalized spacial score (nSPS) is 11.2. The molecule has 5 nitrogen and oxygen atoms in total. The number of halogens is 1. The van der Waals surface area contributed by atoms with Crippen LogP contribution in [0, 0.1) is 12.7 Å². The van der Waals surface area contributed by atoms with E-state index < -0.39 is 0 Å². The zero-order chi connectivity index (χ0) is 17.0. The lowest BCUT2D eigenvalue weighted by Crippen LogP contribution is -2.43. The van der Waals surface area contributed by atoms with Gasteiger partial charge in [-0.05, 0) is 52.0 Å². The molecule has 0 saturated carbocycles. The van der Waals surface area contributed by atoms with Crippen molar-refractivity contribution in [3.05, 3.63) is 41.8 Å². The highest BCUT2D eigenvalue weighted by molar-refractivity contribution is 5.78. The van der Waals surface area contributed by atoms with Crippen LogP contribution in [-0.4, -0.2) is 28.0 Å². The second-order valence-electron chi connectivity index (χ2n) is 6.26. The first-order valence-electron chi connectivity index (χ1n) is 7.28. The van der Waals surface area contributed by atoms with Crippen molar-refractivity contribution in [1.29, 1.82) is 0 Å². The Hall–Kier alpha value is -2.50. The first-order chi connectivity index (χ1) is 10.7. The molecular formula is C17H20FN3O2. The number of nitrogens with zero attached hydrogens (tertiary/aromatic N) is 2. The quantitative estimate of drug-likeness (QED) is 0.942. The highest BCUT2D eigenvalue weighted by Gasteiger charge is 2.14. The van der Waals surface area contributed by atoms with Crippen LogP contribution in [0.5, 0.6) is 5.88 Å². The molecule has 0 atom stereocenters. The summed E-state index contributed by atoms with van der Waals surface area (Å²) in [4.78, 5) is 20.4. The van der Waals surface area contributed by atoms with E-state index in [0.717, 1.165) is 0 Å². The molecule has 0 spiro atoms. The summed E-state index contributed by atoms with van der Waals surface area (Å²) in [5.74, 6) is 0.186. The molecule has 6 heteroatoms. The number of nitrogens with one attached hydrogen (secondary N) is 1. The van der Waals surface area contributed by atoms with Gasteiger partial charge in [0.25, 0.3) is 5.91 Å². The summed E-state index contributed by atoms with van der Waals surface area (Å²) in [7, 11) is 0. The molecule has 1 heterocycles. The molecule has 0 aliphatic heterocycles. The van der Waals surface area contributed by atoms with Gasteiger partial charge in [0.05, 0.1) is 0 Å². The molecule has 2 rings (SSSR count). The first-order valence-corrected chi connectivity index (χ1v) is 7.28. The number of carbonyl (C=O) groups is 1. The van der Waals surface area contributed by atoms with Crippen LogP contribution in [0.15, 0.2) is 30.3 Å². The number of aryl methyl sites for hydroxylation is 1. The maximum atomic E-state index is 13.0. The summed E-state index contributed by atoms with van der Waals surface area (Å²) in [6.07, 6.45) is 0. The lowest BCUT2D eigenvalue weighted by atomic mass is 10.1. The summed E-state index contributed by atoms with van der Waals surface area (Å²) in [5, 5.41) is 2.81. The van der Waals surface area contributed by atoms with Gasteiger partial charge in [-0.2, -0.15) is 4.98 Å². The number of rotatable bonds is 4. The number of hydrogen-bond donors (Lipinski definition) is 1. The van der Waals surface area contributed by atoms with E-state index in [1.165, 1.54) is 12.1 Å². The Morgan fingerprint density at radius 2 is 1.87 bits per heavy atom. The van der Waals surface area contributed by atoms with Crippen molar-refractivity contribution >= 4 is 5.91 Å². The molecule has 1 amide bonds. The lowest BCUT2D eigenvalue weighted by Gasteiger charge is -2.20. The number of ether oxygens (including phenoxy) is 1. The van der Waals surface area contributed by atoms with E-state index in [-0.39, 0.29) is 23.9 Å². The highest BCUT2D eigenvalue weighted by Crippen LogP contribution is 2.19. The van der Waals surface area contributed by atoms with E-state index in [9.17, 15) is 9.18 Å². The van der Waals surface area contributed by atoms with Gasteiger partial charge in [-0.1, -0.05) is 0 Å². The zero-order valence-corrected chi connectivity index (χ0v) is 13.7. The molecular weight excluding hydrogens is 297 g/mol. The van der Waals surface area contributed by atoms with Gasteiger partial charge in [0.2, 0.25) is 5.88 Å². The zero-order valence-electron chi connectivity index (χ0n) is 13.7. The molecule has 0 fully saturated rings. The van der Waals surface area contributed by atoms with Gasteiger partial charge < -0.3 is 10.1 Å². The molecule has 0 unspecified atom stereocenters. The van der Waals surface area contributed by atoms with Crippen LogP contribution >= 0.6 is 0 Å². The van der Waals surface area contributed by atoms with Crippen molar-refractivity contribution in [2.45, 2.75) is 33.2 Å². The largest absolute Gasteiger partial charge is 0.467 e. The molecule has 0 aliphatic carbocycles. The number of hydrogen-bond acceptors (Lipinski definition) is 4. The molecule has 0 radical (unpaired) electrons. The predicted molar refractivity (Wildman–Crippen MR) is 85.6 cm³/mol. The lowest BCUT2D eigenvalue weighted by molar-refractivity contribution is -0.124. The molecule has 1 aromatic carbocycles. The summed E-state index contributed by atoms with van der Waals surface area (Å²) in [5.41, 5.74) is 1.06. The maximum absolute atomic E-state index is 13.0. The number of amides is 1. The Bertz CT molecular complexity index is 694. The van der Waals surface area contributed by atoms with Crippen LogP contribution in [0.3, 0.4) is 0 Å². The van der Waals surface area contributed by atoms with Crippen molar-refractivity contribution in [2.75, 3.05) is 6.61 Å². The SMILES string of the molecule is Cc1cc(OCC(=O)NC(C)(C)C)nc(-c2ccc(F)cc2)n1. The van der Waals surface area contributed by atoms with Crippen LogP contribution in [0.4, 0.5) is 4.39 Å². The van der Waals surface area contributed by atoms with Gasteiger partial charge in [-0.3, -0.25) is 4.79 Å². The Morgan fingerprint density at radius 1 is 1.22 bits per heavy atom. The van der Waals surface area contributed by atoms with Crippen molar-refractivity contribution in [2.24, 2.45) is 0 Å². The Labute approximate surface area is 134 Å². The molecule has 122 valence electrons. The third-order valence-electron chi connectivity index (χ3n) is 2.80. The maximum Gasteiger partial charge on any atom is 0.258 e. The molecule has 1 aromatic heterocycles. The fourth-order valence-electron chi connectivity index (χ4n) is 1.94. The fourth-order valence-corrected chi connectivity index (χ4v) is 1.94. The summed E-state index contributed by atoms with van der Waals surface area (Å²) >= 11 is 0. The Morgan fingerprint density at radius 3 is 2.48 bits per heavy atom. The smallest absolute Gasteiger partial charge is 0.258 e. The number of aromatic nitrogens is 2. The number of benzene rings is 1. The molecule has 0 saturated heterocycles. The summed E-state index contributed by atoms with van der Waals surface area (Å²) < 4.78 is 18.4. The van der Waals surface area contributed by atoms with Crippen LogP contribution in [0.2, 0.25) is 0 Å². The highest BCUT2D eigenvalue weighted by atomic mass is 19.1. The summed E-state index contributed by atoms with van der Waals surface area (Å²) in [6, 6.07) is 7.54. The topological polar surface area (TPSA) is 64.1 Å². The van der Waals surface area contributed by atoms with E-state index in [0.29, 0.717) is 23.0 Å². The standard InChI is InChI=1S/C17H20FN3O2/c1-11-9-15(23-10-14(22)21-17(2,3)4)20-16(19-11)12-5-7-13(18)8-6-12/h5-9H,10H2,1-4H3,(H,21,22). The van der Waals surface area contributed by atoms with E-state index in [1.54, 1.807) is 25.1 Å². The second-order valence-corrected chi connectivity index (χ2v) is 6.26. The van der Waals surface area contributed by atoms with Gasteiger partial charge in [0.1, 0.15) is 5.82 Å². The molecule has 1 N–H and O–H groups in total. The fraction of sp³-hybridized carbons (Fsp3) is 0.353. The molecule has 23 heavy (non-hydrogen) atoms. The average molecular weight is 317 g/mol. The van der Waals surface area contributed by atoms with Gasteiger partial charge in [0, 0.05) is 22.9 Å². The van der Waals surface area contributed by atoms with Crippen molar-refractivity contribution < 1.29 is 13.9 Å². The van der Waals surface area contributed by atoms with Crippen LogP contribution in [0.1, 0.15) is 26.5 Å². The third kappa shape index (κ3) is 5.32. The monoisotopic (exact) mass is 317 g/mol. The molecule has 0 bridgehead atoms. The minimum Gasteiger partial charge on any atom is -0.467 e. The van der Waals surface area contributed by atoms with E-state index in [2.05, 4.69) is 15.3 Å². The first kappa shape index (κ1) is 16.9. The van der Waals surface area contributed by atoms with Gasteiger partial charge in [-0.15, -0.1) is 0 Å². The van der Waals surface area contributed by atoms with Gasteiger partial charge in [-0.25, -0.2) is 9.37 Å². The Balaban J connectivity index is 2.11. The van der Waals surface area contributed by atoms with Crippen LogP contribution in [0.25, 0.3) is 11.4 Å². The molecule has 0 aliphatic rings. The van der Waals surface area contributed by atoms with Crippen molar-refractivity contribution in [3.63, 3.8) is 0 Å². The van der Waals surface area contributed by atoms with Crippen LogP contribution < -0.4 is 10.1 Å². The van der Waals surface area contributed by atoms with Crippen molar-refractivity contribution in [1.82, 2.24) is 15.3 Å². The van der Waals surface area contributed by atoms with Crippen LogP contribution in [-0.2, 0) is 4.79 Å². The third-order valence-corrected chi connectivity index (χ3v) is 2.80. The summed E-state index contributed by atoms with van der Waals surface area (Å²) in [6.45, 7) is 7.36. The minimum absolute atomic E-state index is 0.128. The number of carbonyl (C=O) groups excluding carboxylic acids is 1. The minimum atomic E-state index is -0.322. The average Bonchev–Trinajstić information content (AvgIpc) is 2.43. The predicted octanol–water partition coefficient (Wildman–Crippen LogP) is 2.88. The van der Waals surface area contributed by atoms with Gasteiger partial charge in [0.15, 0.2) is 12.4 Å². The molecule has 2 aromatic rings.